The number of amides is 2. The number of nitro benzene ring substituents is 1. The Hall–Kier alpha value is -3.69. The van der Waals surface area contributed by atoms with Crippen LogP contribution in [-0.4, -0.2) is 60.9 Å². The molecule has 0 unspecified atom stereocenters. The molecule has 1 saturated heterocycles. The highest BCUT2D eigenvalue weighted by atomic mass is 19.1. The summed E-state index contributed by atoms with van der Waals surface area (Å²) in [5.41, 5.74) is 6.44. The number of carbonyl (C=O) groups is 2. The maximum atomic E-state index is 13.3. The number of nitro groups is 1. The lowest BCUT2D eigenvalue weighted by Gasteiger charge is -2.37. The number of halogens is 1. The number of benzene rings is 2. The molecule has 0 atom stereocenters. The molecule has 3 rings (SSSR count). The van der Waals surface area contributed by atoms with Crippen LogP contribution >= 0.6 is 0 Å². The van der Waals surface area contributed by atoms with Gasteiger partial charge in [0, 0.05) is 50.9 Å². The Bertz CT molecular complexity index is 945. The molecule has 1 fully saturated rings. The Kier molecular flexibility index (Phi) is 7.01. The van der Waals surface area contributed by atoms with E-state index in [0.717, 1.165) is 0 Å². The molecule has 0 spiro atoms. The monoisotopic (exact) mass is 429 g/mol. The summed E-state index contributed by atoms with van der Waals surface area (Å²) >= 11 is 0. The summed E-state index contributed by atoms with van der Waals surface area (Å²) in [5, 5.41) is 11.3. The molecule has 2 aromatic rings. The minimum atomic E-state index is -0.488. The van der Waals surface area contributed by atoms with Crippen molar-refractivity contribution in [2.45, 2.75) is 6.42 Å². The van der Waals surface area contributed by atoms with Crippen LogP contribution in [0.25, 0.3) is 0 Å². The molecular formula is C21H24FN5O4. The molecule has 2 amide bonds. The van der Waals surface area contributed by atoms with Gasteiger partial charge in [0.25, 0.3) is 5.69 Å². The van der Waals surface area contributed by atoms with Gasteiger partial charge in [-0.3, -0.25) is 19.7 Å². The summed E-state index contributed by atoms with van der Waals surface area (Å²) in [6, 6.07) is 12.2. The zero-order chi connectivity index (χ0) is 22.4. The topological polar surface area (TPSA) is 113 Å². The average Bonchev–Trinajstić information content (AvgIpc) is 2.77. The van der Waals surface area contributed by atoms with Crippen molar-refractivity contribution in [1.29, 1.82) is 0 Å². The first-order valence-corrected chi connectivity index (χ1v) is 9.90. The Morgan fingerprint density at radius 3 is 2.32 bits per heavy atom. The number of carbonyl (C=O) groups excluding carboxylic acids is 2. The van der Waals surface area contributed by atoms with Crippen molar-refractivity contribution in [3.8, 4) is 0 Å². The van der Waals surface area contributed by atoms with Gasteiger partial charge < -0.3 is 20.4 Å². The molecule has 9 nitrogen and oxygen atoms in total. The van der Waals surface area contributed by atoms with Gasteiger partial charge in [0.05, 0.1) is 11.5 Å². The van der Waals surface area contributed by atoms with E-state index in [1.807, 2.05) is 4.90 Å². The number of hydrogen-bond donors (Lipinski definition) is 1. The van der Waals surface area contributed by atoms with Gasteiger partial charge in [-0.1, -0.05) is 12.1 Å². The standard InChI is InChI=1S/C21H24FN5O4/c22-16-5-7-17(8-6-16)26(10-9-20(23)28)15-21(29)25-13-11-24(12-14-25)18-3-1-2-4-19(18)27(30)31/h1-8H,9-15H2,(H2,23,28). The highest BCUT2D eigenvalue weighted by Crippen LogP contribution is 2.28. The van der Waals surface area contributed by atoms with Gasteiger partial charge in [-0.05, 0) is 30.3 Å². The van der Waals surface area contributed by atoms with Crippen LogP contribution in [0.4, 0.5) is 21.5 Å². The molecule has 2 N–H and O–H groups in total. The smallest absolute Gasteiger partial charge is 0.292 e. The summed E-state index contributed by atoms with van der Waals surface area (Å²) < 4.78 is 13.3. The fourth-order valence-electron chi connectivity index (χ4n) is 3.54. The lowest BCUT2D eigenvalue weighted by Crippen LogP contribution is -2.51. The first-order valence-electron chi connectivity index (χ1n) is 9.90. The van der Waals surface area contributed by atoms with E-state index in [0.29, 0.717) is 37.6 Å². The lowest BCUT2D eigenvalue weighted by atomic mass is 10.2. The quantitative estimate of drug-likeness (QED) is 0.505. The third kappa shape index (κ3) is 5.68. The van der Waals surface area contributed by atoms with Gasteiger partial charge in [0.15, 0.2) is 0 Å². The van der Waals surface area contributed by atoms with E-state index < -0.39 is 16.6 Å². The van der Waals surface area contributed by atoms with Crippen LogP contribution in [0.2, 0.25) is 0 Å². The van der Waals surface area contributed by atoms with Crippen molar-refractivity contribution in [2.75, 3.05) is 49.1 Å². The Morgan fingerprint density at radius 2 is 1.71 bits per heavy atom. The molecule has 1 aliphatic heterocycles. The van der Waals surface area contributed by atoms with E-state index in [1.165, 1.54) is 18.2 Å². The first-order chi connectivity index (χ1) is 14.8. The second-order valence-electron chi connectivity index (χ2n) is 7.23. The van der Waals surface area contributed by atoms with Crippen LogP contribution in [0.3, 0.4) is 0 Å². The number of rotatable bonds is 8. The Balaban J connectivity index is 1.64. The number of nitrogens with two attached hydrogens (primary N) is 1. The van der Waals surface area contributed by atoms with Gasteiger partial charge in [0.2, 0.25) is 11.8 Å². The van der Waals surface area contributed by atoms with Gasteiger partial charge in [0.1, 0.15) is 11.5 Å². The number of hydrogen-bond acceptors (Lipinski definition) is 6. The molecule has 1 heterocycles. The van der Waals surface area contributed by atoms with Crippen molar-refractivity contribution in [2.24, 2.45) is 5.73 Å². The molecule has 0 saturated carbocycles. The number of nitrogens with zero attached hydrogens (tertiary/aromatic N) is 4. The summed E-state index contributed by atoms with van der Waals surface area (Å²) in [6.07, 6.45) is 0.0656. The highest BCUT2D eigenvalue weighted by molar-refractivity contribution is 5.82. The second-order valence-corrected chi connectivity index (χ2v) is 7.23. The maximum absolute atomic E-state index is 13.3. The molecule has 0 aromatic heterocycles. The van der Waals surface area contributed by atoms with Gasteiger partial charge in [-0.15, -0.1) is 0 Å². The van der Waals surface area contributed by atoms with Crippen LogP contribution in [0, 0.1) is 15.9 Å². The van der Waals surface area contributed by atoms with Crippen molar-refractivity contribution in [1.82, 2.24) is 4.90 Å². The normalized spacial score (nSPS) is 13.7. The minimum Gasteiger partial charge on any atom is -0.370 e. The van der Waals surface area contributed by atoms with Crippen molar-refractivity contribution in [3.63, 3.8) is 0 Å². The van der Waals surface area contributed by atoms with Crippen LogP contribution in [0.1, 0.15) is 6.42 Å². The maximum Gasteiger partial charge on any atom is 0.292 e. The molecule has 31 heavy (non-hydrogen) atoms. The van der Waals surface area contributed by atoms with Gasteiger partial charge in [-0.2, -0.15) is 0 Å². The first kappa shape index (κ1) is 22.0. The molecule has 10 heteroatoms. The van der Waals surface area contributed by atoms with E-state index in [-0.39, 0.29) is 31.1 Å². The summed E-state index contributed by atoms with van der Waals surface area (Å²) in [5.74, 6) is -1.02. The molecule has 0 bridgehead atoms. The van der Waals surface area contributed by atoms with Crippen LogP contribution in [0.5, 0.6) is 0 Å². The lowest BCUT2D eigenvalue weighted by molar-refractivity contribution is -0.384. The zero-order valence-corrected chi connectivity index (χ0v) is 16.9. The second kappa shape index (κ2) is 9.88. The van der Waals surface area contributed by atoms with Crippen LogP contribution < -0.4 is 15.5 Å². The van der Waals surface area contributed by atoms with Crippen LogP contribution in [0.15, 0.2) is 48.5 Å². The van der Waals surface area contributed by atoms with Crippen LogP contribution in [-0.2, 0) is 9.59 Å². The molecular weight excluding hydrogens is 405 g/mol. The molecule has 0 radical (unpaired) electrons. The average molecular weight is 429 g/mol. The Morgan fingerprint density at radius 1 is 1.06 bits per heavy atom. The van der Waals surface area contributed by atoms with E-state index in [2.05, 4.69) is 0 Å². The van der Waals surface area contributed by atoms with E-state index in [1.54, 1.807) is 40.1 Å². The number of piperazine rings is 1. The fraction of sp³-hybridized carbons (Fsp3) is 0.333. The summed E-state index contributed by atoms with van der Waals surface area (Å²) in [6.45, 7) is 2.02. The number of para-hydroxylation sites is 2. The fourth-order valence-corrected chi connectivity index (χ4v) is 3.54. The number of primary amides is 1. The minimum absolute atomic E-state index is 0.0183. The third-order valence-electron chi connectivity index (χ3n) is 5.20. The van der Waals surface area contributed by atoms with Gasteiger partial charge in [-0.25, -0.2) is 4.39 Å². The summed E-state index contributed by atoms with van der Waals surface area (Å²) in [4.78, 5) is 40.2. The van der Waals surface area contributed by atoms with Crippen molar-refractivity contribution < 1.29 is 18.9 Å². The third-order valence-corrected chi connectivity index (χ3v) is 5.20. The number of anilines is 2. The molecule has 0 aliphatic carbocycles. The van der Waals surface area contributed by atoms with Crippen molar-refractivity contribution >= 4 is 28.9 Å². The predicted molar refractivity (Wildman–Crippen MR) is 114 cm³/mol. The molecule has 1 aliphatic rings. The van der Waals surface area contributed by atoms with Gasteiger partial charge >= 0.3 is 0 Å². The zero-order valence-electron chi connectivity index (χ0n) is 16.9. The largest absolute Gasteiger partial charge is 0.370 e. The summed E-state index contributed by atoms with van der Waals surface area (Å²) in [7, 11) is 0. The molecule has 164 valence electrons. The Labute approximate surface area is 179 Å². The van der Waals surface area contributed by atoms with Crippen molar-refractivity contribution in [3.05, 3.63) is 64.5 Å². The van der Waals surface area contributed by atoms with E-state index >= 15 is 0 Å². The predicted octanol–water partition coefficient (Wildman–Crippen LogP) is 1.76. The highest BCUT2D eigenvalue weighted by Gasteiger charge is 2.26. The van der Waals surface area contributed by atoms with E-state index in [4.69, 9.17) is 5.73 Å². The molecule has 2 aromatic carbocycles. The SMILES string of the molecule is NC(=O)CCN(CC(=O)N1CCN(c2ccccc2[N+](=O)[O-])CC1)c1ccc(F)cc1. The van der Waals surface area contributed by atoms with E-state index in [9.17, 15) is 24.1 Å².